The fourth-order valence-electron chi connectivity index (χ4n) is 3.45. The highest BCUT2D eigenvalue weighted by Crippen LogP contribution is 2.34. The average molecular weight is 343 g/mol. The third kappa shape index (κ3) is 2.77. The third-order valence-corrected chi connectivity index (χ3v) is 5.89. The summed E-state index contributed by atoms with van der Waals surface area (Å²) < 4.78 is 10.7. The Bertz CT molecular complexity index is 783. The summed E-state index contributed by atoms with van der Waals surface area (Å²) in [5, 5.41) is 2.04. The van der Waals surface area contributed by atoms with Crippen molar-refractivity contribution < 1.29 is 14.3 Å². The van der Waals surface area contributed by atoms with Crippen LogP contribution < -0.4 is 9.47 Å². The minimum absolute atomic E-state index is 0.111. The van der Waals surface area contributed by atoms with Gasteiger partial charge in [0.2, 0.25) is 6.79 Å². The minimum Gasteiger partial charge on any atom is -0.454 e. The summed E-state index contributed by atoms with van der Waals surface area (Å²) in [6, 6.07) is 5.85. The van der Waals surface area contributed by atoms with E-state index < -0.39 is 0 Å². The molecule has 0 bridgehead atoms. The first-order valence-corrected chi connectivity index (χ1v) is 9.23. The highest BCUT2D eigenvalue weighted by molar-refractivity contribution is 7.10. The number of nitrogens with zero attached hydrogens (tertiary/aromatic N) is 1. The van der Waals surface area contributed by atoms with E-state index in [1.54, 1.807) is 16.2 Å². The molecule has 1 atom stereocenters. The maximum Gasteiger partial charge on any atom is 0.255 e. The summed E-state index contributed by atoms with van der Waals surface area (Å²) in [4.78, 5) is 16.1. The average Bonchev–Trinajstić information content (AvgIpc) is 3.19. The zero-order valence-electron chi connectivity index (χ0n) is 14.0. The van der Waals surface area contributed by atoms with Gasteiger partial charge in [0.05, 0.1) is 5.56 Å². The number of amides is 1. The van der Waals surface area contributed by atoms with Crippen molar-refractivity contribution in [3.8, 4) is 11.5 Å². The lowest BCUT2D eigenvalue weighted by Gasteiger charge is -2.21. The number of hydrogen-bond acceptors (Lipinski definition) is 4. The van der Waals surface area contributed by atoms with Gasteiger partial charge < -0.3 is 14.4 Å². The molecule has 1 amide bonds. The molecule has 0 saturated heterocycles. The molecular formula is C19H21NO3S. The van der Waals surface area contributed by atoms with Crippen LogP contribution in [0.2, 0.25) is 0 Å². The first-order valence-electron chi connectivity index (χ1n) is 8.35. The van der Waals surface area contributed by atoms with Gasteiger partial charge in [0, 0.05) is 23.8 Å². The van der Waals surface area contributed by atoms with E-state index in [1.807, 2.05) is 30.6 Å². The van der Waals surface area contributed by atoms with E-state index in [2.05, 4.69) is 6.92 Å². The van der Waals surface area contributed by atoms with Gasteiger partial charge in [0.15, 0.2) is 11.5 Å². The molecule has 1 aromatic heterocycles. The smallest absolute Gasteiger partial charge is 0.255 e. The van der Waals surface area contributed by atoms with Crippen LogP contribution in [0.25, 0.3) is 0 Å². The summed E-state index contributed by atoms with van der Waals surface area (Å²) >= 11 is 1.74. The van der Waals surface area contributed by atoms with Crippen molar-refractivity contribution in [1.82, 2.24) is 4.90 Å². The summed E-state index contributed by atoms with van der Waals surface area (Å²) in [6.45, 7) is 3.12. The Morgan fingerprint density at radius 2 is 2.17 bits per heavy atom. The summed E-state index contributed by atoms with van der Waals surface area (Å²) in [5.74, 6) is 2.37. The number of rotatable bonds is 3. The van der Waals surface area contributed by atoms with Gasteiger partial charge in [-0.05, 0) is 48.4 Å². The predicted octanol–water partition coefficient (Wildman–Crippen LogP) is 3.87. The highest BCUT2D eigenvalue weighted by atomic mass is 32.1. The maximum atomic E-state index is 12.9. The molecule has 4 rings (SSSR count). The number of thiophene rings is 1. The molecule has 1 aliphatic heterocycles. The Hall–Kier alpha value is -2.01. The lowest BCUT2D eigenvalue weighted by molar-refractivity contribution is 0.0784. The van der Waals surface area contributed by atoms with E-state index in [-0.39, 0.29) is 12.7 Å². The van der Waals surface area contributed by atoms with Crippen molar-refractivity contribution >= 4 is 17.2 Å². The number of fused-ring (bicyclic) bond motifs is 2. The number of ether oxygens (including phenoxy) is 2. The van der Waals surface area contributed by atoms with Crippen molar-refractivity contribution in [1.29, 1.82) is 0 Å². The third-order valence-electron chi connectivity index (χ3n) is 4.84. The summed E-state index contributed by atoms with van der Waals surface area (Å²) in [6.07, 6.45) is 3.31. The molecule has 1 aliphatic carbocycles. The van der Waals surface area contributed by atoms with Crippen molar-refractivity contribution in [2.75, 3.05) is 13.8 Å². The predicted molar refractivity (Wildman–Crippen MR) is 93.9 cm³/mol. The van der Waals surface area contributed by atoms with Crippen molar-refractivity contribution in [2.24, 2.45) is 5.92 Å². The quantitative estimate of drug-likeness (QED) is 0.849. The Kier molecular flexibility index (Phi) is 3.96. The molecule has 2 aromatic rings. The van der Waals surface area contributed by atoms with E-state index >= 15 is 0 Å². The Labute approximate surface area is 146 Å². The summed E-state index contributed by atoms with van der Waals surface area (Å²) in [7, 11) is 1.86. The van der Waals surface area contributed by atoms with Crippen molar-refractivity contribution in [2.45, 2.75) is 32.7 Å². The normalized spacial score (nSPS) is 18.3. The molecular weight excluding hydrogens is 322 g/mol. The van der Waals surface area contributed by atoms with E-state index in [0.717, 1.165) is 41.4 Å². The lowest BCUT2D eigenvalue weighted by Crippen LogP contribution is -2.27. The van der Waals surface area contributed by atoms with Crippen molar-refractivity contribution in [3.63, 3.8) is 0 Å². The molecule has 2 heterocycles. The molecule has 24 heavy (non-hydrogen) atoms. The van der Waals surface area contributed by atoms with Crippen LogP contribution in [0.5, 0.6) is 11.5 Å². The second-order valence-electron chi connectivity index (χ2n) is 6.75. The van der Waals surface area contributed by atoms with Gasteiger partial charge >= 0.3 is 0 Å². The zero-order chi connectivity index (χ0) is 16.7. The SMILES string of the molecule is CC1CCc2c(C(=O)N(C)Cc3ccc4c(c3)OCO4)csc2C1. The van der Waals surface area contributed by atoms with Crippen LogP contribution in [0.1, 0.15) is 39.7 Å². The first kappa shape index (κ1) is 15.5. The van der Waals surface area contributed by atoms with Crippen LogP contribution in [0.15, 0.2) is 23.6 Å². The fourth-order valence-corrected chi connectivity index (χ4v) is 4.69. The van der Waals surface area contributed by atoms with Crippen LogP contribution in [0.4, 0.5) is 0 Å². The largest absolute Gasteiger partial charge is 0.454 e. The molecule has 4 nitrogen and oxygen atoms in total. The monoisotopic (exact) mass is 343 g/mol. The Morgan fingerprint density at radius 1 is 1.33 bits per heavy atom. The first-order chi connectivity index (χ1) is 11.6. The van der Waals surface area contributed by atoms with Crippen LogP contribution in [-0.4, -0.2) is 24.6 Å². The van der Waals surface area contributed by atoms with Gasteiger partial charge in [-0.25, -0.2) is 0 Å². The lowest BCUT2D eigenvalue weighted by atomic mass is 9.88. The zero-order valence-corrected chi connectivity index (χ0v) is 14.8. The molecule has 0 radical (unpaired) electrons. The van der Waals surface area contributed by atoms with Crippen LogP contribution in [0.3, 0.4) is 0 Å². The second kappa shape index (κ2) is 6.13. The highest BCUT2D eigenvalue weighted by Gasteiger charge is 2.25. The van der Waals surface area contributed by atoms with E-state index in [1.165, 1.54) is 16.9 Å². The number of benzene rings is 1. The van der Waals surface area contributed by atoms with Crippen LogP contribution >= 0.6 is 11.3 Å². The van der Waals surface area contributed by atoms with E-state index in [9.17, 15) is 4.79 Å². The number of hydrogen-bond donors (Lipinski definition) is 0. The fraction of sp³-hybridized carbons (Fsp3) is 0.421. The molecule has 0 fully saturated rings. The van der Waals surface area contributed by atoms with Gasteiger partial charge in [0.1, 0.15) is 0 Å². The topological polar surface area (TPSA) is 38.8 Å². The second-order valence-corrected chi connectivity index (χ2v) is 7.71. The maximum absolute atomic E-state index is 12.9. The van der Waals surface area contributed by atoms with Gasteiger partial charge in [-0.3, -0.25) is 4.79 Å². The Morgan fingerprint density at radius 3 is 3.04 bits per heavy atom. The molecule has 0 saturated carbocycles. The molecule has 1 unspecified atom stereocenters. The molecule has 5 heteroatoms. The molecule has 2 aliphatic rings. The van der Waals surface area contributed by atoms with Crippen LogP contribution in [-0.2, 0) is 19.4 Å². The summed E-state index contributed by atoms with van der Waals surface area (Å²) in [5.41, 5.74) is 3.22. The number of carbonyl (C=O) groups excluding carboxylic acids is 1. The molecule has 126 valence electrons. The minimum atomic E-state index is 0.111. The molecule has 0 N–H and O–H groups in total. The molecule has 0 spiro atoms. The Balaban J connectivity index is 1.50. The van der Waals surface area contributed by atoms with Gasteiger partial charge in [-0.15, -0.1) is 11.3 Å². The number of carbonyl (C=O) groups is 1. The standard InChI is InChI=1S/C19H21NO3S/c1-12-3-5-14-15(10-24-18(14)7-12)19(21)20(2)9-13-4-6-16-17(8-13)23-11-22-16/h4,6,8,10,12H,3,5,7,9,11H2,1-2H3. The van der Waals surface area contributed by atoms with E-state index in [4.69, 9.17) is 9.47 Å². The van der Waals surface area contributed by atoms with Crippen LogP contribution in [0, 0.1) is 5.92 Å². The van der Waals surface area contributed by atoms with Gasteiger partial charge in [0.25, 0.3) is 5.91 Å². The molecule has 1 aromatic carbocycles. The van der Waals surface area contributed by atoms with E-state index in [0.29, 0.717) is 6.54 Å². The van der Waals surface area contributed by atoms with Gasteiger partial charge in [-0.1, -0.05) is 13.0 Å². The van der Waals surface area contributed by atoms with Crippen molar-refractivity contribution in [3.05, 3.63) is 45.1 Å². The van der Waals surface area contributed by atoms with Gasteiger partial charge in [-0.2, -0.15) is 0 Å².